The SMILES string of the molecule is CC(C)CNC(=O)COc1cc(Br)cc(I)c1. The zero-order valence-electron chi connectivity index (χ0n) is 9.80. The van der Waals surface area contributed by atoms with Gasteiger partial charge in [-0.05, 0) is 46.7 Å². The van der Waals surface area contributed by atoms with Gasteiger partial charge in [0.05, 0.1) is 0 Å². The summed E-state index contributed by atoms with van der Waals surface area (Å²) in [6, 6.07) is 5.71. The van der Waals surface area contributed by atoms with E-state index >= 15 is 0 Å². The fourth-order valence-electron chi connectivity index (χ4n) is 1.13. The number of amides is 1. The molecule has 1 amide bonds. The molecule has 3 nitrogen and oxygen atoms in total. The van der Waals surface area contributed by atoms with Crippen LogP contribution in [0.4, 0.5) is 0 Å². The van der Waals surface area contributed by atoms with Gasteiger partial charge in [-0.25, -0.2) is 0 Å². The molecule has 0 spiro atoms. The normalized spacial score (nSPS) is 10.4. The van der Waals surface area contributed by atoms with Gasteiger partial charge in [-0.3, -0.25) is 4.79 Å². The molecule has 0 aliphatic heterocycles. The van der Waals surface area contributed by atoms with E-state index < -0.39 is 0 Å². The summed E-state index contributed by atoms with van der Waals surface area (Å²) in [5, 5.41) is 2.80. The van der Waals surface area contributed by atoms with Crippen LogP contribution in [0.25, 0.3) is 0 Å². The minimum Gasteiger partial charge on any atom is -0.484 e. The van der Waals surface area contributed by atoms with Gasteiger partial charge in [0, 0.05) is 14.6 Å². The van der Waals surface area contributed by atoms with Crippen molar-refractivity contribution in [1.82, 2.24) is 5.32 Å². The van der Waals surface area contributed by atoms with Gasteiger partial charge in [0.1, 0.15) is 5.75 Å². The van der Waals surface area contributed by atoms with E-state index in [9.17, 15) is 4.79 Å². The maximum absolute atomic E-state index is 11.4. The molecule has 94 valence electrons. The number of halogens is 2. The second kappa shape index (κ2) is 7.20. The zero-order chi connectivity index (χ0) is 12.8. The molecule has 0 fully saturated rings. The Hall–Kier alpha value is -0.300. The Kier molecular flexibility index (Phi) is 6.26. The molecular weight excluding hydrogens is 397 g/mol. The number of hydrogen-bond donors (Lipinski definition) is 1. The summed E-state index contributed by atoms with van der Waals surface area (Å²) in [6.45, 7) is 4.84. The number of nitrogens with one attached hydrogen (secondary N) is 1. The second-order valence-corrected chi connectivity index (χ2v) is 6.25. The van der Waals surface area contributed by atoms with Crippen molar-refractivity contribution >= 4 is 44.4 Å². The van der Waals surface area contributed by atoms with Crippen molar-refractivity contribution < 1.29 is 9.53 Å². The smallest absolute Gasteiger partial charge is 0.257 e. The largest absolute Gasteiger partial charge is 0.484 e. The van der Waals surface area contributed by atoms with Gasteiger partial charge in [-0.2, -0.15) is 0 Å². The van der Waals surface area contributed by atoms with Crippen LogP contribution in [0.15, 0.2) is 22.7 Å². The first-order chi connectivity index (χ1) is 7.97. The Balaban J connectivity index is 2.42. The number of carbonyl (C=O) groups is 1. The van der Waals surface area contributed by atoms with Gasteiger partial charge in [0.2, 0.25) is 0 Å². The summed E-state index contributed by atoms with van der Waals surface area (Å²) in [5.74, 6) is 1.06. The van der Waals surface area contributed by atoms with Gasteiger partial charge in [-0.1, -0.05) is 29.8 Å². The van der Waals surface area contributed by atoms with Crippen LogP contribution in [0.1, 0.15) is 13.8 Å². The van der Waals surface area contributed by atoms with Crippen molar-refractivity contribution in [2.75, 3.05) is 13.2 Å². The third-order valence-electron chi connectivity index (χ3n) is 1.91. The first kappa shape index (κ1) is 14.8. The highest BCUT2D eigenvalue weighted by atomic mass is 127. The fourth-order valence-corrected chi connectivity index (χ4v) is 2.67. The van der Waals surface area contributed by atoms with E-state index in [1.54, 1.807) is 0 Å². The Morgan fingerprint density at radius 2 is 2.18 bits per heavy atom. The lowest BCUT2D eigenvalue weighted by Crippen LogP contribution is -2.31. The van der Waals surface area contributed by atoms with E-state index in [1.807, 2.05) is 18.2 Å². The predicted octanol–water partition coefficient (Wildman–Crippen LogP) is 3.20. The summed E-state index contributed by atoms with van der Waals surface area (Å²) in [5.41, 5.74) is 0. The van der Waals surface area contributed by atoms with Crippen LogP contribution in [-0.4, -0.2) is 19.1 Å². The van der Waals surface area contributed by atoms with Crippen LogP contribution in [-0.2, 0) is 4.79 Å². The van der Waals surface area contributed by atoms with Crippen molar-refractivity contribution in [2.24, 2.45) is 5.92 Å². The summed E-state index contributed by atoms with van der Waals surface area (Å²) < 4.78 is 7.43. The minimum atomic E-state index is -0.0892. The fraction of sp³-hybridized carbons (Fsp3) is 0.417. The number of carbonyl (C=O) groups excluding carboxylic acids is 1. The molecule has 0 unspecified atom stereocenters. The molecule has 0 aliphatic carbocycles. The third-order valence-corrected chi connectivity index (χ3v) is 2.99. The molecule has 0 atom stereocenters. The quantitative estimate of drug-likeness (QED) is 0.755. The highest BCUT2D eigenvalue weighted by molar-refractivity contribution is 14.1. The standard InChI is InChI=1S/C12H15BrINO2/c1-8(2)6-15-12(16)7-17-11-4-9(13)3-10(14)5-11/h3-5,8H,6-7H2,1-2H3,(H,15,16). The highest BCUT2D eigenvalue weighted by Crippen LogP contribution is 2.22. The molecule has 1 aromatic carbocycles. The van der Waals surface area contributed by atoms with E-state index in [1.165, 1.54) is 0 Å². The van der Waals surface area contributed by atoms with Crippen LogP contribution in [0.5, 0.6) is 5.75 Å². The molecular formula is C12H15BrINO2. The third kappa shape index (κ3) is 6.26. The van der Waals surface area contributed by atoms with Crippen LogP contribution < -0.4 is 10.1 Å². The Morgan fingerprint density at radius 1 is 1.47 bits per heavy atom. The molecule has 0 radical (unpaired) electrons. The zero-order valence-corrected chi connectivity index (χ0v) is 13.5. The van der Waals surface area contributed by atoms with Crippen molar-refractivity contribution in [1.29, 1.82) is 0 Å². The van der Waals surface area contributed by atoms with Gasteiger partial charge in [0.25, 0.3) is 5.91 Å². The molecule has 0 saturated heterocycles. The Labute approximate surface area is 124 Å². The molecule has 0 bridgehead atoms. The molecule has 1 N–H and O–H groups in total. The molecule has 17 heavy (non-hydrogen) atoms. The van der Waals surface area contributed by atoms with Gasteiger partial charge < -0.3 is 10.1 Å². The lowest BCUT2D eigenvalue weighted by atomic mass is 10.2. The highest BCUT2D eigenvalue weighted by Gasteiger charge is 2.04. The lowest BCUT2D eigenvalue weighted by Gasteiger charge is -2.09. The van der Waals surface area contributed by atoms with Crippen molar-refractivity contribution in [3.8, 4) is 5.75 Å². The van der Waals surface area contributed by atoms with Crippen LogP contribution in [0.2, 0.25) is 0 Å². The number of ether oxygens (including phenoxy) is 1. The summed E-state index contributed by atoms with van der Waals surface area (Å²) in [4.78, 5) is 11.4. The molecule has 1 rings (SSSR count). The summed E-state index contributed by atoms with van der Waals surface area (Å²) in [7, 11) is 0. The molecule has 0 aromatic heterocycles. The number of benzene rings is 1. The summed E-state index contributed by atoms with van der Waals surface area (Å²) in [6.07, 6.45) is 0. The first-order valence-corrected chi connectivity index (χ1v) is 7.20. The van der Waals surface area contributed by atoms with E-state index in [0.717, 1.165) is 8.04 Å². The van der Waals surface area contributed by atoms with Gasteiger partial charge in [-0.15, -0.1) is 0 Å². The van der Waals surface area contributed by atoms with Gasteiger partial charge >= 0.3 is 0 Å². The number of rotatable bonds is 5. The predicted molar refractivity (Wildman–Crippen MR) is 80.2 cm³/mol. The van der Waals surface area contributed by atoms with Crippen LogP contribution in [0.3, 0.4) is 0 Å². The average Bonchev–Trinajstić information content (AvgIpc) is 2.22. The number of hydrogen-bond acceptors (Lipinski definition) is 2. The Bertz CT molecular complexity index is 376. The van der Waals surface area contributed by atoms with Crippen LogP contribution >= 0.6 is 38.5 Å². The molecule has 0 saturated carbocycles. The van der Waals surface area contributed by atoms with E-state index in [4.69, 9.17) is 4.74 Å². The van der Waals surface area contributed by atoms with Crippen LogP contribution in [0, 0.1) is 9.49 Å². The Morgan fingerprint density at radius 3 is 2.76 bits per heavy atom. The van der Waals surface area contributed by atoms with E-state index in [0.29, 0.717) is 18.2 Å². The molecule has 0 heterocycles. The van der Waals surface area contributed by atoms with Crippen molar-refractivity contribution in [3.05, 3.63) is 26.2 Å². The first-order valence-electron chi connectivity index (χ1n) is 5.33. The van der Waals surface area contributed by atoms with E-state index in [2.05, 4.69) is 57.7 Å². The molecule has 1 aromatic rings. The molecule has 5 heteroatoms. The van der Waals surface area contributed by atoms with Crippen molar-refractivity contribution in [2.45, 2.75) is 13.8 Å². The lowest BCUT2D eigenvalue weighted by molar-refractivity contribution is -0.123. The van der Waals surface area contributed by atoms with Crippen molar-refractivity contribution in [3.63, 3.8) is 0 Å². The topological polar surface area (TPSA) is 38.3 Å². The maximum atomic E-state index is 11.4. The summed E-state index contributed by atoms with van der Waals surface area (Å²) >= 11 is 5.59. The molecule has 0 aliphatic rings. The second-order valence-electron chi connectivity index (χ2n) is 4.09. The van der Waals surface area contributed by atoms with Gasteiger partial charge in [0.15, 0.2) is 6.61 Å². The monoisotopic (exact) mass is 411 g/mol. The average molecular weight is 412 g/mol. The minimum absolute atomic E-state index is 0.0548. The van der Waals surface area contributed by atoms with E-state index in [-0.39, 0.29) is 12.5 Å². The maximum Gasteiger partial charge on any atom is 0.257 e.